The van der Waals surface area contributed by atoms with Crippen molar-refractivity contribution in [2.45, 2.75) is 13.5 Å². The quantitative estimate of drug-likeness (QED) is 0.546. The molecule has 0 unspecified atom stereocenters. The number of fused-ring (bicyclic) bond motifs is 1. The van der Waals surface area contributed by atoms with Crippen LogP contribution in [0.15, 0.2) is 71.3 Å². The van der Waals surface area contributed by atoms with Crippen LogP contribution in [0.3, 0.4) is 0 Å². The Bertz CT molecular complexity index is 1200. The van der Waals surface area contributed by atoms with Crippen LogP contribution < -0.4 is 5.32 Å². The third kappa shape index (κ3) is 4.05. The second-order valence-corrected chi connectivity index (χ2v) is 6.91. The smallest absolute Gasteiger partial charge is 0.291 e. The lowest BCUT2D eigenvalue weighted by molar-refractivity contribution is 0.0781. The molecule has 0 saturated heterocycles. The number of amides is 2. The number of hydrogen-bond acceptors (Lipinski definition) is 5. The highest BCUT2D eigenvalue weighted by Gasteiger charge is 2.15. The van der Waals surface area contributed by atoms with Gasteiger partial charge in [0.25, 0.3) is 11.8 Å². The maximum Gasteiger partial charge on any atom is 0.291 e. The van der Waals surface area contributed by atoms with Crippen LogP contribution >= 0.6 is 0 Å². The highest BCUT2D eigenvalue weighted by Crippen LogP contribution is 2.17. The lowest BCUT2D eigenvalue weighted by Crippen LogP contribution is -2.27. The zero-order valence-electron chi connectivity index (χ0n) is 16.6. The second-order valence-electron chi connectivity index (χ2n) is 6.91. The maximum absolute atomic E-state index is 12.8. The summed E-state index contributed by atoms with van der Waals surface area (Å²) in [6.45, 7) is 2.23. The van der Waals surface area contributed by atoms with Gasteiger partial charge in [-0.2, -0.15) is 0 Å². The molecule has 7 nitrogen and oxygen atoms in total. The van der Waals surface area contributed by atoms with E-state index >= 15 is 0 Å². The summed E-state index contributed by atoms with van der Waals surface area (Å²) in [6, 6.07) is 17.7. The predicted molar refractivity (Wildman–Crippen MR) is 113 cm³/mol. The first kappa shape index (κ1) is 19.3. The number of aryl methyl sites for hydroxylation is 1. The van der Waals surface area contributed by atoms with Crippen molar-refractivity contribution in [2.24, 2.45) is 0 Å². The molecule has 0 radical (unpaired) electrons. The lowest BCUT2D eigenvalue weighted by atomic mass is 10.1. The highest BCUT2D eigenvalue weighted by atomic mass is 16.3. The molecular formula is C23H20N4O3. The number of benzene rings is 2. The van der Waals surface area contributed by atoms with Gasteiger partial charge in [-0.3, -0.25) is 9.59 Å². The highest BCUT2D eigenvalue weighted by molar-refractivity contribution is 6.02. The number of anilines is 1. The number of furan rings is 1. The van der Waals surface area contributed by atoms with Gasteiger partial charge in [-0.05, 0) is 49.4 Å². The van der Waals surface area contributed by atoms with Crippen molar-refractivity contribution in [1.29, 1.82) is 0 Å². The van der Waals surface area contributed by atoms with Gasteiger partial charge in [0.1, 0.15) is 5.82 Å². The van der Waals surface area contributed by atoms with E-state index in [2.05, 4.69) is 15.3 Å². The third-order valence-electron chi connectivity index (χ3n) is 4.70. The molecule has 0 saturated carbocycles. The van der Waals surface area contributed by atoms with Gasteiger partial charge < -0.3 is 14.6 Å². The summed E-state index contributed by atoms with van der Waals surface area (Å²) in [4.78, 5) is 35.5. The molecule has 2 aromatic heterocycles. The van der Waals surface area contributed by atoms with Crippen LogP contribution in [0.1, 0.15) is 32.4 Å². The molecule has 0 atom stereocenters. The van der Waals surface area contributed by atoms with Crippen molar-refractivity contribution in [3.8, 4) is 0 Å². The first-order valence-electron chi connectivity index (χ1n) is 9.44. The Morgan fingerprint density at radius 1 is 1.00 bits per heavy atom. The van der Waals surface area contributed by atoms with Crippen molar-refractivity contribution in [3.63, 3.8) is 0 Å². The van der Waals surface area contributed by atoms with Crippen LogP contribution in [0.2, 0.25) is 0 Å². The minimum Gasteiger partial charge on any atom is -0.459 e. The normalized spacial score (nSPS) is 10.7. The molecule has 4 rings (SSSR count). The summed E-state index contributed by atoms with van der Waals surface area (Å²) >= 11 is 0. The maximum atomic E-state index is 12.8. The van der Waals surface area contributed by atoms with Crippen molar-refractivity contribution in [3.05, 3.63) is 89.8 Å². The molecule has 2 aromatic carbocycles. The molecule has 0 fully saturated rings. The Balaban J connectivity index is 1.44. The van der Waals surface area contributed by atoms with E-state index < -0.39 is 0 Å². The lowest BCUT2D eigenvalue weighted by Gasteiger charge is -2.17. The number of aromatic nitrogens is 2. The zero-order chi connectivity index (χ0) is 21.1. The Hall–Kier alpha value is -4.00. The summed E-state index contributed by atoms with van der Waals surface area (Å²) in [5.74, 6) is 0.304. The molecule has 4 aromatic rings. The van der Waals surface area contributed by atoms with Gasteiger partial charge in [0.15, 0.2) is 5.76 Å². The fourth-order valence-corrected chi connectivity index (χ4v) is 3.17. The van der Waals surface area contributed by atoms with Gasteiger partial charge in [-0.1, -0.05) is 18.2 Å². The fraction of sp³-hybridized carbons (Fsp3) is 0.130. The van der Waals surface area contributed by atoms with E-state index in [0.717, 1.165) is 16.6 Å². The van der Waals surface area contributed by atoms with Gasteiger partial charge in [0.05, 0.1) is 18.3 Å². The molecule has 150 valence electrons. The predicted octanol–water partition coefficient (Wildman–Crippen LogP) is 4.06. The average molecular weight is 400 g/mol. The minimum absolute atomic E-state index is 0.159. The largest absolute Gasteiger partial charge is 0.459 e. The standard InChI is InChI=1S/C23H20N4O3/c1-15-18-6-3-4-7-19(18)26-21(24-15)14-27(2)23(29)16-9-11-17(12-10-16)25-22(28)20-8-5-13-30-20/h3-13H,14H2,1-2H3,(H,25,28). The van der Waals surface area contributed by atoms with Gasteiger partial charge in [-0.15, -0.1) is 0 Å². The van der Waals surface area contributed by atoms with E-state index in [1.54, 1.807) is 48.3 Å². The third-order valence-corrected chi connectivity index (χ3v) is 4.70. The molecule has 0 aliphatic carbocycles. The fourth-order valence-electron chi connectivity index (χ4n) is 3.17. The molecule has 1 N–H and O–H groups in total. The van der Waals surface area contributed by atoms with Crippen molar-refractivity contribution < 1.29 is 14.0 Å². The molecular weight excluding hydrogens is 380 g/mol. The van der Waals surface area contributed by atoms with E-state index in [4.69, 9.17) is 4.42 Å². The molecule has 2 heterocycles. The van der Waals surface area contributed by atoms with Crippen molar-refractivity contribution in [1.82, 2.24) is 14.9 Å². The van der Waals surface area contributed by atoms with Gasteiger partial charge >= 0.3 is 0 Å². The van der Waals surface area contributed by atoms with Crippen LogP contribution in [-0.4, -0.2) is 33.7 Å². The summed E-state index contributed by atoms with van der Waals surface area (Å²) in [6.07, 6.45) is 1.44. The number of nitrogens with zero attached hydrogens (tertiary/aromatic N) is 3. The zero-order valence-corrected chi connectivity index (χ0v) is 16.6. The Labute approximate surface area is 173 Å². The second kappa shape index (κ2) is 8.16. The first-order chi connectivity index (χ1) is 14.5. The minimum atomic E-state index is -0.347. The van der Waals surface area contributed by atoms with E-state index in [1.165, 1.54) is 6.26 Å². The topological polar surface area (TPSA) is 88.3 Å². The number of nitrogens with one attached hydrogen (secondary N) is 1. The van der Waals surface area contributed by atoms with Gasteiger partial charge in [0.2, 0.25) is 0 Å². The van der Waals surface area contributed by atoms with Crippen LogP contribution in [-0.2, 0) is 6.54 Å². The Morgan fingerprint density at radius 2 is 1.77 bits per heavy atom. The Kier molecular flexibility index (Phi) is 5.26. The van der Waals surface area contributed by atoms with Crippen molar-refractivity contribution >= 4 is 28.4 Å². The Morgan fingerprint density at radius 3 is 2.50 bits per heavy atom. The van der Waals surface area contributed by atoms with Crippen LogP contribution in [0.5, 0.6) is 0 Å². The van der Waals surface area contributed by atoms with Gasteiger partial charge in [0, 0.05) is 29.4 Å². The van der Waals surface area contributed by atoms with Gasteiger partial charge in [-0.25, -0.2) is 9.97 Å². The molecule has 30 heavy (non-hydrogen) atoms. The SMILES string of the molecule is Cc1nc(CN(C)C(=O)c2ccc(NC(=O)c3ccco3)cc2)nc2ccccc12. The molecule has 2 amide bonds. The van der Waals surface area contributed by atoms with Crippen LogP contribution in [0, 0.1) is 6.92 Å². The monoisotopic (exact) mass is 400 g/mol. The van der Waals surface area contributed by atoms with E-state index in [1.807, 2.05) is 31.2 Å². The summed E-state index contributed by atoms with van der Waals surface area (Å²) in [5, 5.41) is 3.73. The van der Waals surface area contributed by atoms with E-state index in [9.17, 15) is 9.59 Å². The number of para-hydroxylation sites is 1. The number of carbonyl (C=O) groups is 2. The van der Waals surface area contributed by atoms with Crippen molar-refractivity contribution in [2.75, 3.05) is 12.4 Å². The molecule has 0 aliphatic rings. The average Bonchev–Trinajstić information content (AvgIpc) is 3.29. The van der Waals surface area contributed by atoms with E-state index in [-0.39, 0.29) is 17.6 Å². The molecule has 0 bridgehead atoms. The van der Waals surface area contributed by atoms with Crippen LogP contribution in [0.25, 0.3) is 10.9 Å². The number of carbonyl (C=O) groups excluding carboxylic acids is 2. The number of hydrogen-bond donors (Lipinski definition) is 1. The summed E-state index contributed by atoms with van der Waals surface area (Å²) < 4.78 is 5.07. The summed E-state index contributed by atoms with van der Waals surface area (Å²) in [5.41, 5.74) is 2.82. The van der Waals surface area contributed by atoms with E-state index in [0.29, 0.717) is 23.6 Å². The molecule has 0 aliphatic heterocycles. The summed E-state index contributed by atoms with van der Waals surface area (Å²) in [7, 11) is 1.71. The number of rotatable bonds is 5. The molecule has 0 spiro atoms. The van der Waals surface area contributed by atoms with Crippen LogP contribution in [0.4, 0.5) is 5.69 Å². The first-order valence-corrected chi connectivity index (χ1v) is 9.44. The molecule has 7 heteroatoms.